The number of benzene rings is 1. The van der Waals surface area contributed by atoms with Gasteiger partial charge in [-0.2, -0.15) is 13.2 Å². The van der Waals surface area contributed by atoms with Crippen molar-refractivity contribution in [3.8, 4) is 5.88 Å². The topological polar surface area (TPSA) is 197 Å². The second-order valence-corrected chi connectivity index (χ2v) is 20.0. The summed E-state index contributed by atoms with van der Waals surface area (Å²) in [5.74, 6) is -4.78. The smallest absolute Gasteiger partial charge is 0.411 e. The Hall–Kier alpha value is -4.68. The number of ether oxygens (including phenoxy) is 1. The second-order valence-electron chi connectivity index (χ2n) is 17.8. The Morgan fingerprint density at radius 1 is 1.08 bits per heavy atom. The first kappa shape index (κ1) is 43.9. The summed E-state index contributed by atoms with van der Waals surface area (Å²) in [4.78, 5) is 71.0. The maximum atomic E-state index is 15.0. The Morgan fingerprint density at radius 2 is 1.73 bits per heavy atom. The van der Waals surface area contributed by atoms with E-state index in [-0.39, 0.29) is 41.3 Å². The molecule has 15 nitrogen and oxygen atoms in total. The van der Waals surface area contributed by atoms with Crippen molar-refractivity contribution in [2.24, 2.45) is 17.8 Å². The summed E-state index contributed by atoms with van der Waals surface area (Å²) >= 11 is 0. The van der Waals surface area contributed by atoms with Crippen LogP contribution < -0.4 is 20.3 Å². The van der Waals surface area contributed by atoms with E-state index in [9.17, 15) is 45.9 Å². The molecule has 4 aliphatic rings. The number of halogens is 3. The van der Waals surface area contributed by atoms with Crippen molar-refractivity contribution >= 4 is 44.6 Å². The molecule has 2 aromatic rings. The Morgan fingerprint density at radius 3 is 2.32 bits per heavy atom. The Balaban J connectivity index is 1.45. The van der Waals surface area contributed by atoms with Crippen LogP contribution in [0.1, 0.15) is 99.5 Å². The van der Waals surface area contributed by atoms with Gasteiger partial charge in [-0.25, -0.2) is 17.9 Å². The Kier molecular flexibility index (Phi) is 11.5. The van der Waals surface area contributed by atoms with E-state index in [1.165, 1.54) is 18.5 Å². The number of carboxylic acid groups (broad SMARTS) is 1. The number of amides is 4. The predicted molar refractivity (Wildman–Crippen MR) is 210 cm³/mol. The molecule has 4 amide bonds. The Bertz CT molecular complexity index is 2220. The summed E-state index contributed by atoms with van der Waals surface area (Å²) in [5.41, 5.74) is -5.19. The van der Waals surface area contributed by atoms with Gasteiger partial charge in [-0.3, -0.25) is 28.8 Å². The zero-order chi connectivity index (χ0) is 43.6. The quantitative estimate of drug-likeness (QED) is 0.307. The van der Waals surface area contributed by atoms with Gasteiger partial charge in [0.15, 0.2) is 0 Å². The first-order chi connectivity index (χ1) is 27.3. The maximum absolute atomic E-state index is 15.0. The van der Waals surface area contributed by atoms with Crippen LogP contribution in [0, 0.1) is 17.8 Å². The highest BCUT2D eigenvalue weighted by atomic mass is 32.2. The lowest BCUT2D eigenvalue weighted by Gasteiger charge is -2.45. The Labute approximate surface area is 340 Å². The fraction of sp³-hybridized carbons (Fsp3) is 0.650. The minimum atomic E-state index is -5.11. The molecule has 6 rings (SSSR count). The minimum Gasteiger partial charge on any atom is -0.471 e. The molecular formula is C40H53F3N6O9S. The van der Waals surface area contributed by atoms with E-state index in [1.54, 1.807) is 50.3 Å². The predicted octanol–water partition coefficient (Wildman–Crippen LogP) is 4.90. The summed E-state index contributed by atoms with van der Waals surface area (Å²) in [6.07, 6.45) is -3.14. The van der Waals surface area contributed by atoms with Gasteiger partial charge >= 0.3 is 12.3 Å². The largest absolute Gasteiger partial charge is 0.471 e. The lowest BCUT2D eigenvalue weighted by molar-refractivity contribution is -0.222. The molecule has 0 bridgehead atoms. The number of aromatic nitrogens is 2. The molecule has 0 unspecified atom stereocenters. The summed E-state index contributed by atoms with van der Waals surface area (Å²) in [5, 5.41) is 18.2. The van der Waals surface area contributed by atoms with Crippen molar-refractivity contribution < 1.29 is 50.6 Å². The first-order valence-electron chi connectivity index (χ1n) is 20.0. The summed E-state index contributed by atoms with van der Waals surface area (Å²) < 4.78 is 79.2. The van der Waals surface area contributed by atoms with Gasteiger partial charge in [-0.1, -0.05) is 38.1 Å². The van der Waals surface area contributed by atoms with Crippen LogP contribution in [0.5, 0.6) is 5.88 Å². The number of nitrogens with one attached hydrogen (secondary N) is 2. The number of carbonyl (C=O) groups excluding carboxylic acids is 3. The maximum Gasteiger partial charge on any atom is 0.411 e. The second kappa shape index (κ2) is 15.4. The van der Waals surface area contributed by atoms with Crippen molar-refractivity contribution in [2.75, 3.05) is 6.54 Å². The molecule has 1 aromatic heterocycles. The summed E-state index contributed by atoms with van der Waals surface area (Å²) in [7, 11) is -4.14. The number of fused-ring (bicyclic) bond motifs is 3. The number of sulfonamides is 1. The third kappa shape index (κ3) is 8.14. The zero-order valence-corrected chi connectivity index (χ0v) is 35.0. The standard InChI is InChI=1S/C40H53F3N6O9S/c1-22(2)49-33(51)28-15-11-10-14-27(28)32(45-49)58-26-19-29-31(50)44-39(35(53)46-59(56,57)38(7)16-17-38)20-25(39)13-9-8-12-23(3)18-24(4)30(34(52)47(29)21-26)48(36(54)55)37(5,6)40(41,42)43/h9-11,13-15,22-26,29-30H,8,12,16-21H2,1-7H3,(H,44,50)(H,46,53)(H,54,55)/b13-9-/t23-,24+,25+,26+,29-,30-,39+/m0/s1. The van der Waals surface area contributed by atoms with E-state index in [0.717, 1.165) is 4.90 Å². The van der Waals surface area contributed by atoms with Crippen LogP contribution in [-0.4, -0.2) is 104 Å². The van der Waals surface area contributed by atoms with E-state index in [4.69, 9.17) is 4.74 Å². The SMILES string of the molecule is CC(C)n1nc(O[C@@H]2C[C@H]3C(=O)N[C@]4(C(=O)NS(=O)(=O)C5(C)CC5)C[C@H]4/C=C\CC[C@H](C)C[C@@H](C)[C@H](N(C(=O)O)C(C)(C)C(F)(F)F)C(=O)N3C2)c2ccccc2c1=O. The third-order valence-corrected chi connectivity index (χ3v) is 14.7. The van der Waals surface area contributed by atoms with Crippen molar-refractivity contribution in [1.82, 2.24) is 29.6 Å². The number of hydrogen-bond acceptors (Lipinski definition) is 9. The molecule has 59 heavy (non-hydrogen) atoms. The summed E-state index contributed by atoms with van der Waals surface area (Å²) in [6.45, 7) is 9.27. The molecule has 2 aliphatic carbocycles. The van der Waals surface area contributed by atoms with Crippen LogP contribution in [0.4, 0.5) is 18.0 Å². The average molecular weight is 851 g/mol. The number of carbonyl (C=O) groups is 4. The van der Waals surface area contributed by atoms with Crippen LogP contribution in [0.25, 0.3) is 10.8 Å². The number of nitrogens with zero attached hydrogens (tertiary/aromatic N) is 4. The van der Waals surface area contributed by atoms with Crippen LogP contribution in [0.15, 0.2) is 41.2 Å². The number of alkyl halides is 3. The van der Waals surface area contributed by atoms with Gasteiger partial charge in [0.2, 0.25) is 27.7 Å². The normalized spacial score (nSPS) is 29.4. The van der Waals surface area contributed by atoms with E-state index in [2.05, 4.69) is 15.1 Å². The molecule has 3 N–H and O–H groups in total. The van der Waals surface area contributed by atoms with E-state index < -0.39 is 104 Å². The van der Waals surface area contributed by atoms with Crippen molar-refractivity contribution in [3.05, 3.63) is 46.8 Å². The molecule has 3 heterocycles. The van der Waals surface area contributed by atoms with Crippen LogP contribution in [0.3, 0.4) is 0 Å². The van der Waals surface area contributed by atoms with Gasteiger partial charge in [0.25, 0.3) is 11.5 Å². The molecule has 324 valence electrons. The third-order valence-electron chi connectivity index (χ3n) is 12.5. The van der Waals surface area contributed by atoms with Crippen LogP contribution in [-0.2, 0) is 24.4 Å². The minimum absolute atomic E-state index is 0.0133. The van der Waals surface area contributed by atoms with E-state index in [1.807, 2.05) is 6.92 Å². The lowest BCUT2D eigenvalue weighted by Crippen LogP contribution is -2.66. The molecule has 0 radical (unpaired) electrons. The molecule has 2 saturated carbocycles. The molecule has 2 aliphatic heterocycles. The lowest BCUT2D eigenvalue weighted by atomic mass is 9.85. The number of hydrogen-bond donors (Lipinski definition) is 3. The van der Waals surface area contributed by atoms with Crippen molar-refractivity contribution in [1.29, 1.82) is 0 Å². The van der Waals surface area contributed by atoms with Crippen LogP contribution >= 0.6 is 0 Å². The fourth-order valence-corrected chi connectivity index (χ4v) is 9.67. The van der Waals surface area contributed by atoms with E-state index >= 15 is 4.79 Å². The highest BCUT2D eigenvalue weighted by Gasteiger charge is 2.64. The molecule has 7 atom stereocenters. The van der Waals surface area contributed by atoms with Crippen molar-refractivity contribution in [3.63, 3.8) is 0 Å². The molecule has 3 fully saturated rings. The van der Waals surface area contributed by atoms with Crippen LogP contribution in [0.2, 0.25) is 0 Å². The number of rotatable bonds is 8. The van der Waals surface area contributed by atoms with Gasteiger partial charge in [-0.15, -0.1) is 5.10 Å². The van der Waals surface area contributed by atoms with Gasteiger partial charge in [0.1, 0.15) is 29.3 Å². The first-order valence-corrected chi connectivity index (χ1v) is 21.5. The molecule has 1 aromatic carbocycles. The number of allylic oxidation sites excluding steroid dienone is 1. The highest BCUT2D eigenvalue weighted by molar-refractivity contribution is 7.91. The van der Waals surface area contributed by atoms with Gasteiger partial charge in [0.05, 0.1) is 28.1 Å². The monoisotopic (exact) mass is 850 g/mol. The summed E-state index contributed by atoms with van der Waals surface area (Å²) in [6, 6.07) is 2.66. The van der Waals surface area contributed by atoms with Gasteiger partial charge in [-0.05, 0) is 97.1 Å². The highest BCUT2D eigenvalue weighted by Crippen LogP contribution is 2.48. The molecule has 0 spiro atoms. The average Bonchev–Trinajstić information content (AvgIpc) is 4.02. The van der Waals surface area contributed by atoms with Crippen molar-refractivity contribution in [2.45, 2.75) is 140 Å². The molecular weight excluding hydrogens is 798 g/mol. The molecule has 19 heteroatoms. The van der Waals surface area contributed by atoms with Gasteiger partial charge < -0.3 is 20.1 Å². The van der Waals surface area contributed by atoms with Gasteiger partial charge in [0, 0.05) is 12.3 Å². The zero-order valence-electron chi connectivity index (χ0n) is 34.2. The fourth-order valence-electron chi connectivity index (χ4n) is 8.36. The molecule has 1 saturated heterocycles. The van der Waals surface area contributed by atoms with E-state index in [0.29, 0.717) is 44.9 Å².